The Morgan fingerprint density at radius 3 is 2.24 bits per heavy atom. The molecule has 11 heteroatoms. The number of carbonyl (C=O) groups is 1. The Labute approximate surface area is 242 Å². The summed E-state index contributed by atoms with van der Waals surface area (Å²) in [7, 11) is 6.26. The van der Waals surface area contributed by atoms with E-state index in [2.05, 4.69) is 22.8 Å². The summed E-state index contributed by atoms with van der Waals surface area (Å²) >= 11 is 1.52. The molecule has 1 amide bonds. The van der Waals surface area contributed by atoms with Crippen LogP contribution in [0.3, 0.4) is 0 Å². The van der Waals surface area contributed by atoms with Crippen molar-refractivity contribution in [2.45, 2.75) is 23.9 Å². The molecule has 1 aromatic heterocycles. The van der Waals surface area contributed by atoms with Gasteiger partial charge in [0, 0.05) is 17.1 Å². The molecule has 0 saturated heterocycles. The number of anilines is 2. The van der Waals surface area contributed by atoms with E-state index in [1.807, 2.05) is 37.3 Å². The number of aromatic nitrogens is 3. The zero-order chi connectivity index (χ0) is 28.9. The molecule has 2 heterocycles. The molecule has 2 N–H and O–H groups in total. The largest absolute Gasteiger partial charge is 0.497 e. The molecule has 0 aliphatic carbocycles. The smallest absolute Gasteiger partial charge is 0.255 e. The second-order valence-corrected chi connectivity index (χ2v) is 10.1. The van der Waals surface area contributed by atoms with Crippen LogP contribution in [0.4, 0.5) is 11.6 Å². The minimum Gasteiger partial charge on any atom is -0.497 e. The van der Waals surface area contributed by atoms with E-state index in [-0.39, 0.29) is 5.91 Å². The van der Waals surface area contributed by atoms with E-state index in [9.17, 15) is 4.79 Å². The van der Waals surface area contributed by atoms with Crippen LogP contribution in [0.25, 0.3) is 0 Å². The first-order valence-electron chi connectivity index (χ1n) is 12.8. The van der Waals surface area contributed by atoms with Crippen LogP contribution in [-0.2, 0) is 10.5 Å². The number of methoxy groups -OCH3 is 4. The van der Waals surface area contributed by atoms with Crippen molar-refractivity contribution >= 4 is 29.3 Å². The number of fused-ring (bicyclic) bond motifs is 1. The van der Waals surface area contributed by atoms with E-state index < -0.39 is 6.04 Å². The Hall–Kier alpha value is -4.64. The third kappa shape index (κ3) is 5.80. The molecule has 1 aliphatic rings. The topological polar surface area (TPSA) is 109 Å². The number of benzene rings is 3. The molecule has 1 atom stereocenters. The van der Waals surface area contributed by atoms with Crippen molar-refractivity contribution in [3.8, 4) is 23.0 Å². The third-order valence-electron chi connectivity index (χ3n) is 6.64. The van der Waals surface area contributed by atoms with Gasteiger partial charge in [0.05, 0.1) is 34.0 Å². The Bertz CT molecular complexity index is 1550. The maximum absolute atomic E-state index is 13.9. The van der Waals surface area contributed by atoms with E-state index in [4.69, 9.17) is 29.0 Å². The second kappa shape index (κ2) is 12.3. The molecule has 0 unspecified atom stereocenters. The van der Waals surface area contributed by atoms with Crippen LogP contribution in [0.15, 0.2) is 83.2 Å². The number of carbonyl (C=O) groups excluding carboxylic acids is 1. The van der Waals surface area contributed by atoms with Gasteiger partial charge in [0.1, 0.15) is 11.8 Å². The van der Waals surface area contributed by atoms with Crippen LogP contribution < -0.4 is 29.6 Å². The monoisotopic (exact) mass is 573 g/mol. The molecule has 0 bridgehead atoms. The van der Waals surface area contributed by atoms with E-state index in [1.165, 1.54) is 11.8 Å². The highest BCUT2D eigenvalue weighted by Gasteiger charge is 2.35. The van der Waals surface area contributed by atoms with Gasteiger partial charge in [-0.15, -0.1) is 5.10 Å². The molecule has 3 aromatic carbocycles. The molecule has 0 saturated carbocycles. The fourth-order valence-corrected chi connectivity index (χ4v) is 5.43. The van der Waals surface area contributed by atoms with E-state index in [1.54, 1.807) is 57.4 Å². The lowest BCUT2D eigenvalue weighted by molar-refractivity contribution is -0.113. The molecular weight excluding hydrogens is 542 g/mol. The van der Waals surface area contributed by atoms with Crippen molar-refractivity contribution < 1.29 is 23.7 Å². The number of amides is 1. The Balaban J connectivity index is 1.56. The zero-order valence-corrected chi connectivity index (χ0v) is 24.2. The van der Waals surface area contributed by atoms with Crippen LogP contribution in [0.5, 0.6) is 23.0 Å². The summed E-state index contributed by atoms with van der Waals surface area (Å²) < 4.78 is 23.8. The predicted molar refractivity (Wildman–Crippen MR) is 158 cm³/mol. The van der Waals surface area contributed by atoms with Gasteiger partial charge in [0.25, 0.3) is 5.91 Å². The van der Waals surface area contributed by atoms with Crippen LogP contribution in [0, 0.1) is 0 Å². The SMILES string of the molecule is COc1ccc(NC(=O)C2=C(C)Nc3nc(SCc4ccccc4)nn3[C@H]2c2cc(OC)c(OC)c(OC)c2)cc1. The number of ether oxygens (including phenoxy) is 4. The van der Waals surface area contributed by atoms with E-state index >= 15 is 0 Å². The molecule has 212 valence electrons. The summed E-state index contributed by atoms with van der Waals surface area (Å²) in [5.74, 6) is 3.02. The first-order valence-corrected chi connectivity index (χ1v) is 13.8. The van der Waals surface area contributed by atoms with Crippen LogP contribution in [-0.4, -0.2) is 49.1 Å². The lowest BCUT2D eigenvalue weighted by Crippen LogP contribution is -2.31. The van der Waals surface area contributed by atoms with Crippen LogP contribution in [0.1, 0.15) is 24.1 Å². The minimum absolute atomic E-state index is 0.293. The molecule has 4 aromatic rings. The molecule has 0 radical (unpaired) electrons. The molecule has 10 nitrogen and oxygen atoms in total. The van der Waals surface area contributed by atoms with Gasteiger partial charge in [0.2, 0.25) is 16.9 Å². The quantitative estimate of drug-likeness (QED) is 0.237. The number of nitrogens with zero attached hydrogens (tertiary/aromatic N) is 3. The highest BCUT2D eigenvalue weighted by atomic mass is 32.2. The van der Waals surface area contributed by atoms with Gasteiger partial charge in [-0.1, -0.05) is 42.1 Å². The van der Waals surface area contributed by atoms with Crippen molar-refractivity contribution in [2.75, 3.05) is 39.1 Å². The molecule has 41 heavy (non-hydrogen) atoms. The maximum Gasteiger partial charge on any atom is 0.255 e. The standard InChI is InChI=1S/C30H31N5O5S/c1-18-25(28(36)32-21-11-13-22(37-2)14-12-21)26(20-15-23(38-3)27(40-5)24(16-20)39-4)35-29(31-18)33-30(34-35)41-17-19-9-7-6-8-10-19/h6-16,26H,17H2,1-5H3,(H,32,36)(H,31,33,34)/t26-/m0/s1. The summed E-state index contributed by atoms with van der Waals surface area (Å²) in [5, 5.41) is 11.7. The maximum atomic E-state index is 13.9. The van der Waals surface area contributed by atoms with Gasteiger partial charge in [-0.3, -0.25) is 4.79 Å². The van der Waals surface area contributed by atoms with Crippen LogP contribution in [0.2, 0.25) is 0 Å². The third-order valence-corrected chi connectivity index (χ3v) is 7.55. The molecule has 0 spiro atoms. The summed E-state index contributed by atoms with van der Waals surface area (Å²) in [6.07, 6.45) is 0. The average molecular weight is 574 g/mol. The van der Waals surface area contributed by atoms with Gasteiger partial charge in [-0.25, -0.2) is 4.68 Å². The number of hydrogen-bond acceptors (Lipinski definition) is 9. The number of rotatable bonds is 10. The minimum atomic E-state index is -0.642. The van der Waals surface area contributed by atoms with Gasteiger partial charge in [0.15, 0.2) is 11.5 Å². The fourth-order valence-electron chi connectivity index (χ4n) is 4.65. The molecule has 5 rings (SSSR count). The Morgan fingerprint density at radius 2 is 1.63 bits per heavy atom. The average Bonchev–Trinajstić information content (AvgIpc) is 3.41. The van der Waals surface area contributed by atoms with Gasteiger partial charge in [-0.05, 0) is 54.4 Å². The highest BCUT2D eigenvalue weighted by Crippen LogP contribution is 2.44. The number of thioether (sulfide) groups is 1. The summed E-state index contributed by atoms with van der Waals surface area (Å²) in [6, 6.07) is 20.3. The second-order valence-electron chi connectivity index (χ2n) is 9.14. The van der Waals surface area contributed by atoms with Crippen LogP contribution >= 0.6 is 11.8 Å². The van der Waals surface area contributed by atoms with Crippen molar-refractivity contribution in [3.63, 3.8) is 0 Å². The van der Waals surface area contributed by atoms with Gasteiger partial charge >= 0.3 is 0 Å². The lowest BCUT2D eigenvalue weighted by Gasteiger charge is -2.29. The molecule has 0 fully saturated rings. The van der Waals surface area contributed by atoms with Crippen molar-refractivity contribution in [1.82, 2.24) is 14.8 Å². The number of allylic oxidation sites excluding steroid dienone is 1. The first kappa shape index (κ1) is 27.9. The fraction of sp³-hybridized carbons (Fsp3) is 0.233. The number of nitrogens with one attached hydrogen (secondary N) is 2. The summed E-state index contributed by atoms with van der Waals surface area (Å²) in [5.41, 5.74) is 3.61. The number of hydrogen-bond donors (Lipinski definition) is 2. The van der Waals surface area contributed by atoms with Gasteiger partial charge < -0.3 is 29.6 Å². The van der Waals surface area contributed by atoms with E-state index in [0.717, 1.165) is 5.56 Å². The van der Waals surface area contributed by atoms with Crippen molar-refractivity contribution in [3.05, 3.63) is 89.1 Å². The Morgan fingerprint density at radius 1 is 0.951 bits per heavy atom. The van der Waals surface area contributed by atoms with Gasteiger partial charge in [-0.2, -0.15) is 4.98 Å². The Kier molecular flexibility index (Phi) is 8.34. The molecule has 1 aliphatic heterocycles. The summed E-state index contributed by atoms with van der Waals surface area (Å²) in [6.45, 7) is 1.85. The predicted octanol–water partition coefficient (Wildman–Crippen LogP) is 5.53. The lowest BCUT2D eigenvalue weighted by atomic mass is 9.94. The highest BCUT2D eigenvalue weighted by molar-refractivity contribution is 7.98. The summed E-state index contributed by atoms with van der Waals surface area (Å²) in [4.78, 5) is 18.6. The van der Waals surface area contributed by atoms with Crippen molar-refractivity contribution in [1.29, 1.82) is 0 Å². The molecular formula is C30H31N5O5S. The zero-order valence-electron chi connectivity index (χ0n) is 23.4. The van der Waals surface area contributed by atoms with Crippen molar-refractivity contribution in [2.24, 2.45) is 0 Å². The van der Waals surface area contributed by atoms with E-state index in [0.29, 0.717) is 62.4 Å². The normalized spacial score (nSPS) is 14.1. The first-order chi connectivity index (χ1) is 19.9.